The van der Waals surface area contributed by atoms with Gasteiger partial charge in [-0.25, -0.2) is 4.79 Å². The molecule has 0 spiro atoms. The number of rotatable bonds is 2. The summed E-state index contributed by atoms with van der Waals surface area (Å²) in [7, 11) is 0.954. The Labute approximate surface area is 109 Å². The van der Waals surface area contributed by atoms with Crippen LogP contribution in [0, 0.1) is 0 Å². The molecular weight excluding hydrogens is 245 g/mol. The fourth-order valence-electron chi connectivity index (χ4n) is 1.93. The molecule has 3 nitrogen and oxygen atoms in total. The van der Waals surface area contributed by atoms with E-state index in [2.05, 4.69) is 26.8 Å². The van der Waals surface area contributed by atoms with Crippen LogP contribution < -0.4 is 0 Å². The average molecular weight is 263 g/mol. The predicted octanol–water partition coefficient (Wildman–Crippen LogP) is 3.99. The topological polar surface area (TPSA) is 30.7 Å². The zero-order valence-electron chi connectivity index (χ0n) is 11.2. The van der Waals surface area contributed by atoms with E-state index in [0.717, 1.165) is 13.7 Å². The van der Waals surface area contributed by atoms with Gasteiger partial charge in [0, 0.05) is 11.5 Å². The Kier molecular flexibility index (Phi) is 3.45. The maximum absolute atomic E-state index is 12.0. The van der Waals surface area contributed by atoms with Crippen molar-refractivity contribution in [1.82, 2.24) is 4.40 Å². The number of hydrogen-bond donors (Lipinski definition) is 0. The van der Waals surface area contributed by atoms with Crippen LogP contribution in [-0.4, -0.2) is 17.0 Å². The summed E-state index contributed by atoms with van der Waals surface area (Å²) in [6.07, 6.45) is 1.92. The molecule has 0 amide bonds. The van der Waals surface area contributed by atoms with Gasteiger partial charge in [-0.05, 0) is 32.7 Å². The molecule has 18 heavy (non-hydrogen) atoms. The first-order valence-corrected chi connectivity index (χ1v) is 6.99. The third-order valence-corrected chi connectivity index (χ3v) is 4.45. The van der Waals surface area contributed by atoms with Crippen LogP contribution >= 0.6 is 8.19 Å². The molecule has 0 saturated heterocycles. The van der Waals surface area contributed by atoms with E-state index in [-0.39, 0.29) is 11.4 Å². The quantitative estimate of drug-likeness (QED) is 0.767. The molecule has 0 fully saturated rings. The van der Waals surface area contributed by atoms with Crippen LogP contribution in [0.1, 0.15) is 43.2 Å². The molecule has 0 aliphatic carbocycles. The molecule has 2 rings (SSSR count). The molecule has 0 aliphatic rings. The molecule has 0 aliphatic heterocycles. The number of hydrogen-bond acceptors (Lipinski definition) is 2. The van der Waals surface area contributed by atoms with Crippen molar-refractivity contribution in [1.29, 1.82) is 0 Å². The van der Waals surface area contributed by atoms with Gasteiger partial charge in [-0.3, -0.25) is 0 Å². The van der Waals surface area contributed by atoms with Crippen molar-refractivity contribution in [2.24, 2.45) is 0 Å². The van der Waals surface area contributed by atoms with Crippen molar-refractivity contribution in [2.75, 3.05) is 6.61 Å². The van der Waals surface area contributed by atoms with Gasteiger partial charge in [-0.2, -0.15) is 0 Å². The third-order valence-electron chi connectivity index (χ3n) is 2.72. The van der Waals surface area contributed by atoms with Crippen LogP contribution in [0.2, 0.25) is 0 Å². The molecule has 2 aromatic rings. The van der Waals surface area contributed by atoms with E-state index in [9.17, 15) is 4.79 Å². The van der Waals surface area contributed by atoms with Crippen LogP contribution in [0.15, 0.2) is 24.4 Å². The monoisotopic (exact) mass is 263 g/mol. The van der Waals surface area contributed by atoms with Crippen LogP contribution in [0.5, 0.6) is 0 Å². The summed E-state index contributed by atoms with van der Waals surface area (Å²) in [4.78, 5) is 12.0. The van der Waals surface area contributed by atoms with Crippen LogP contribution in [-0.2, 0) is 10.2 Å². The van der Waals surface area contributed by atoms with Gasteiger partial charge in [-0.15, -0.1) is 0 Å². The first-order valence-electron chi connectivity index (χ1n) is 6.10. The summed E-state index contributed by atoms with van der Waals surface area (Å²) in [5.74, 6) is -0.226. The molecular formula is C14H18NO2P. The normalized spacial score (nSPS) is 12.2. The molecule has 0 aromatic carbocycles. The SMILES string of the molecule is CCOC(=O)c1pc(C(C)(C)C)c2ccccn12. The Morgan fingerprint density at radius 1 is 1.39 bits per heavy atom. The van der Waals surface area contributed by atoms with E-state index >= 15 is 0 Å². The summed E-state index contributed by atoms with van der Waals surface area (Å²) in [6, 6.07) is 5.99. The molecule has 0 saturated carbocycles. The summed E-state index contributed by atoms with van der Waals surface area (Å²) < 4.78 is 7.07. The van der Waals surface area contributed by atoms with Crippen LogP contribution in [0.4, 0.5) is 0 Å². The summed E-state index contributed by atoms with van der Waals surface area (Å²) in [6.45, 7) is 8.74. The molecule has 2 heterocycles. The highest BCUT2D eigenvalue weighted by Crippen LogP contribution is 2.37. The summed E-state index contributed by atoms with van der Waals surface area (Å²) >= 11 is 0. The predicted molar refractivity (Wildman–Crippen MR) is 74.6 cm³/mol. The van der Waals surface area contributed by atoms with E-state index in [4.69, 9.17) is 4.74 Å². The Bertz CT molecular complexity index is 581. The highest BCUT2D eigenvalue weighted by molar-refractivity contribution is 7.33. The van der Waals surface area contributed by atoms with Gasteiger partial charge in [0.1, 0.15) is 0 Å². The summed E-state index contributed by atoms with van der Waals surface area (Å²) in [5.41, 5.74) is 1.84. The molecule has 0 bridgehead atoms. The number of carbonyl (C=O) groups is 1. The Morgan fingerprint density at radius 3 is 2.72 bits per heavy atom. The molecule has 2 aromatic heterocycles. The van der Waals surface area contributed by atoms with E-state index in [0.29, 0.717) is 12.0 Å². The van der Waals surface area contributed by atoms with Gasteiger partial charge in [0.2, 0.25) is 0 Å². The van der Waals surface area contributed by atoms with Gasteiger partial charge in [0.05, 0.1) is 12.1 Å². The van der Waals surface area contributed by atoms with E-state index < -0.39 is 0 Å². The lowest BCUT2D eigenvalue weighted by molar-refractivity contribution is 0.0524. The van der Waals surface area contributed by atoms with Gasteiger partial charge >= 0.3 is 5.97 Å². The Balaban J connectivity index is 2.65. The largest absolute Gasteiger partial charge is 0.461 e. The average Bonchev–Trinajstić information content (AvgIpc) is 2.68. The highest BCUT2D eigenvalue weighted by Gasteiger charge is 2.24. The first-order chi connectivity index (χ1) is 8.45. The van der Waals surface area contributed by atoms with Gasteiger partial charge in [-0.1, -0.05) is 26.8 Å². The lowest BCUT2D eigenvalue weighted by atomic mass is 9.94. The van der Waals surface area contributed by atoms with Crippen molar-refractivity contribution >= 4 is 19.7 Å². The van der Waals surface area contributed by atoms with E-state index in [1.807, 2.05) is 29.7 Å². The Morgan fingerprint density at radius 2 is 2.11 bits per heavy atom. The van der Waals surface area contributed by atoms with Crippen molar-refractivity contribution in [3.05, 3.63) is 35.1 Å². The fourth-order valence-corrected chi connectivity index (χ4v) is 3.21. The van der Waals surface area contributed by atoms with Crippen molar-refractivity contribution in [2.45, 2.75) is 33.1 Å². The van der Waals surface area contributed by atoms with Crippen molar-refractivity contribution in [3.63, 3.8) is 0 Å². The van der Waals surface area contributed by atoms with E-state index in [1.165, 1.54) is 5.30 Å². The van der Waals surface area contributed by atoms with Crippen LogP contribution in [0.25, 0.3) is 5.52 Å². The van der Waals surface area contributed by atoms with E-state index in [1.54, 1.807) is 0 Å². The second kappa shape index (κ2) is 4.74. The Hall–Kier alpha value is -1.34. The zero-order chi connectivity index (χ0) is 13.3. The lowest BCUT2D eigenvalue weighted by Gasteiger charge is -2.16. The molecule has 0 N–H and O–H groups in total. The van der Waals surface area contributed by atoms with Crippen molar-refractivity contribution in [3.8, 4) is 0 Å². The molecule has 96 valence electrons. The lowest BCUT2D eigenvalue weighted by Crippen LogP contribution is -2.08. The minimum atomic E-state index is -0.226. The van der Waals surface area contributed by atoms with Gasteiger partial charge < -0.3 is 9.14 Å². The molecule has 0 atom stereocenters. The van der Waals surface area contributed by atoms with Crippen molar-refractivity contribution < 1.29 is 9.53 Å². The van der Waals surface area contributed by atoms with Crippen LogP contribution in [0.3, 0.4) is 0 Å². The number of nitrogens with zero attached hydrogens (tertiary/aromatic N) is 1. The number of esters is 1. The smallest absolute Gasteiger partial charge is 0.360 e. The maximum Gasteiger partial charge on any atom is 0.360 e. The summed E-state index contributed by atoms with van der Waals surface area (Å²) in [5, 5.41) is 1.26. The first kappa shape index (κ1) is 13.1. The second-order valence-corrected chi connectivity index (χ2v) is 6.30. The molecule has 4 heteroatoms. The minimum Gasteiger partial charge on any atom is -0.461 e. The number of ether oxygens (including phenoxy) is 1. The second-order valence-electron chi connectivity index (χ2n) is 5.21. The maximum atomic E-state index is 12.0. The number of aromatic nitrogens is 1. The highest BCUT2D eigenvalue weighted by atomic mass is 31.0. The molecule has 0 unspecified atom stereocenters. The fraction of sp³-hybridized carbons (Fsp3) is 0.429. The standard InChI is InChI=1S/C14H18NO2P/c1-5-17-13(16)12-15-9-7-6-8-10(15)11(18-12)14(2,3)4/h6-9H,5H2,1-4H3. The number of carbonyl (C=O) groups excluding carboxylic acids is 1. The zero-order valence-corrected chi connectivity index (χ0v) is 12.1. The number of fused-ring (bicyclic) bond motifs is 1. The van der Waals surface area contributed by atoms with Gasteiger partial charge in [0.25, 0.3) is 0 Å². The third kappa shape index (κ3) is 2.28. The minimum absolute atomic E-state index is 0.0406. The molecule has 0 radical (unpaired) electrons. The number of pyridine rings is 1. The van der Waals surface area contributed by atoms with Gasteiger partial charge in [0.15, 0.2) is 5.43 Å².